The largest absolute Gasteiger partial charge is 0.346 e. The van der Waals surface area contributed by atoms with Crippen LogP contribution in [-0.4, -0.2) is 16.1 Å². The topological polar surface area (TPSA) is 16.1 Å². The van der Waals surface area contributed by atoms with E-state index in [2.05, 4.69) is 77.4 Å². The third kappa shape index (κ3) is 3.10. The molecule has 2 nitrogen and oxygen atoms in total. The lowest BCUT2D eigenvalue weighted by Crippen LogP contribution is -2.60. The first-order valence-corrected chi connectivity index (χ1v) is 7.33. The van der Waals surface area contributed by atoms with Crippen molar-refractivity contribution < 1.29 is 0 Å². The molecule has 0 aromatic carbocycles. The molecule has 1 rings (SSSR count). The van der Waals surface area contributed by atoms with Crippen molar-refractivity contribution in [2.24, 2.45) is 11.8 Å². The number of anilines is 1. The number of rotatable bonds is 5. The summed E-state index contributed by atoms with van der Waals surface area (Å²) < 4.78 is 0. The molecule has 0 atom stereocenters. The molecule has 0 fully saturated rings. The van der Waals surface area contributed by atoms with Gasteiger partial charge in [-0.15, -0.1) is 0 Å². The van der Waals surface area contributed by atoms with E-state index >= 15 is 0 Å². The molecule has 1 aromatic heterocycles. The molecule has 0 saturated heterocycles. The van der Waals surface area contributed by atoms with E-state index < -0.39 is 0 Å². The van der Waals surface area contributed by atoms with Crippen molar-refractivity contribution in [2.75, 3.05) is 4.90 Å². The van der Waals surface area contributed by atoms with Gasteiger partial charge in [0.25, 0.3) is 0 Å². The monoisotopic (exact) mass is 262 g/mol. The molecule has 0 N–H and O–H groups in total. The Morgan fingerprint density at radius 3 is 1.68 bits per heavy atom. The van der Waals surface area contributed by atoms with E-state index in [4.69, 9.17) is 0 Å². The van der Waals surface area contributed by atoms with Crippen molar-refractivity contribution in [3.8, 4) is 0 Å². The van der Waals surface area contributed by atoms with E-state index in [-0.39, 0.29) is 11.1 Å². The predicted molar refractivity (Wildman–Crippen MR) is 84.6 cm³/mol. The maximum Gasteiger partial charge on any atom is 0.129 e. The summed E-state index contributed by atoms with van der Waals surface area (Å²) in [6, 6.07) is 6.17. The molecule has 0 bridgehead atoms. The van der Waals surface area contributed by atoms with Gasteiger partial charge in [0.15, 0.2) is 0 Å². The van der Waals surface area contributed by atoms with Crippen molar-refractivity contribution in [2.45, 2.75) is 66.5 Å². The van der Waals surface area contributed by atoms with Crippen molar-refractivity contribution in [1.29, 1.82) is 0 Å². The van der Waals surface area contributed by atoms with E-state index in [9.17, 15) is 0 Å². The van der Waals surface area contributed by atoms with Gasteiger partial charge in [-0.05, 0) is 51.7 Å². The van der Waals surface area contributed by atoms with Crippen LogP contribution in [-0.2, 0) is 0 Å². The van der Waals surface area contributed by atoms with Gasteiger partial charge >= 0.3 is 0 Å². The number of nitrogens with zero attached hydrogens (tertiary/aromatic N) is 2. The number of pyridine rings is 1. The molecule has 2 heteroatoms. The van der Waals surface area contributed by atoms with Gasteiger partial charge in [-0.25, -0.2) is 4.98 Å². The lowest BCUT2D eigenvalue weighted by molar-refractivity contribution is 0.227. The molecule has 0 amide bonds. The normalized spacial score (nSPS) is 13.2. The molecule has 0 radical (unpaired) electrons. The molecule has 108 valence electrons. The van der Waals surface area contributed by atoms with Crippen LogP contribution in [0.25, 0.3) is 0 Å². The predicted octanol–water partition coefficient (Wildman–Crippen LogP) is 4.76. The Kier molecular flexibility index (Phi) is 4.65. The number of aromatic nitrogens is 1. The molecule has 1 heterocycles. The maximum atomic E-state index is 4.60. The van der Waals surface area contributed by atoms with E-state index in [0.717, 1.165) is 5.82 Å². The van der Waals surface area contributed by atoms with Gasteiger partial charge in [-0.3, -0.25) is 0 Å². The minimum absolute atomic E-state index is 0.0577. The quantitative estimate of drug-likeness (QED) is 0.760. The fraction of sp³-hybridized carbons (Fsp3) is 0.706. The maximum absolute atomic E-state index is 4.60. The first kappa shape index (κ1) is 16.0. The number of hydrogen-bond acceptors (Lipinski definition) is 2. The highest BCUT2D eigenvalue weighted by Crippen LogP contribution is 2.38. The van der Waals surface area contributed by atoms with Crippen LogP contribution in [0.15, 0.2) is 24.4 Å². The summed E-state index contributed by atoms with van der Waals surface area (Å²) in [5.74, 6) is 2.17. The van der Waals surface area contributed by atoms with Crippen LogP contribution in [0.4, 0.5) is 5.82 Å². The van der Waals surface area contributed by atoms with Crippen LogP contribution in [0.5, 0.6) is 0 Å². The summed E-state index contributed by atoms with van der Waals surface area (Å²) in [6.45, 7) is 18.4. The smallest absolute Gasteiger partial charge is 0.129 e. The zero-order valence-corrected chi connectivity index (χ0v) is 13.9. The van der Waals surface area contributed by atoms with Crippen LogP contribution in [0.3, 0.4) is 0 Å². The Balaban J connectivity index is 3.36. The van der Waals surface area contributed by atoms with E-state index in [1.165, 1.54) is 0 Å². The fourth-order valence-electron chi connectivity index (χ4n) is 2.34. The van der Waals surface area contributed by atoms with Gasteiger partial charge in [-0.2, -0.15) is 0 Å². The molecule has 0 aliphatic heterocycles. The van der Waals surface area contributed by atoms with Gasteiger partial charge < -0.3 is 4.90 Å². The lowest BCUT2D eigenvalue weighted by Gasteiger charge is -2.53. The highest BCUT2D eigenvalue weighted by Gasteiger charge is 2.41. The summed E-state index contributed by atoms with van der Waals surface area (Å²) in [6.07, 6.45) is 1.88. The highest BCUT2D eigenvalue weighted by molar-refractivity contribution is 5.45. The van der Waals surface area contributed by atoms with Gasteiger partial charge in [-0.1, -0.05) is 33.8 Å². The summed E-state index contributed by atoms with van der Waals surface area (Å²) in [5, 5.41) is 0. The van der Waals surface area contributed by atoms with Crippen LogP contribution >= 0.6 is 0 Å². The van der Waals surface area contributed by atoms with E-state index in [0.29, 0.717) is 11.8 Å². The van der Waals surface area contributed by atoms with Crippen LogP contribution < -0.4 is 4.90 Å². The molecule has 19 heavy (non-hydrogen) atoms. The van der Waals surface area contributed by atoms with E-state index in [1.54, 1.807) is 0 Å². The Bertz CT molecular complexity index is 371. The minimum atomic E-state index is 0.0577. The minimum Gasteiger partial charge on any atom is -0.346 e. The Morgan fingerprint density at radius 2 is 1.37 bits per heavy atom. The molecule has 0 aliphatic carbocycles. The molecule has 0 saturated carbocycles. The van der Waals surface area contributed by atoms with Crippen molar-refractivity contribution in [3.05, 3.63) is 24.4 Å². The molecule has 0 unspecified atom stereocenters. The average Bonchev–Trinajstić information content (AvgIpc) is 2.29. The highest BCUT2D eigenvalue weighted by atomic mass is 15.3. The first-order valence-electron chi connectivity index (χ1n) is 7.33. The van der Waals surface area contributed by atoms with Crippen LogP contribution in [0.1, 0.15) is 55.4 Å². The third-order valence-corrected chi connectivity index (χ3v) is 4.86. The van der Waals surface area contributed by atoms with Crippen molar-refractivity contribution in [1.82, 2.24) is 4.98 Å². The van der Waals surface area contributed by atoms with Gasteiger partial charge in [0, 0.05) is 17.3 Å². The standard InChI is InChI=1S/C17H30N2/c1-13(2)16(5,6)19(17(7,8)14(3)4)15-11-9-10-12-18-15/h9-14H,1-8H3. The molecular formula is C17H30N2. The van der Waals surface area contributed by atoms with Gasteiger partial charge in [0.1, 0.15) is 5.82 Å². The second kappa shape index (κ2) is 5.52. The second-order valence-corrected chi connectivity index (χ2v) is 7.14. The van der Waals surface area contributed by atoms with Gasteiger partial charge in [0.2, 0.25) is 0 Å². The second-order valence-electron chi connectivity index (χ2n) is 7.14. The fourth-order valence-corrected chi connectivity index (χ4v) is 2.34. The molecule has 1 aromatic rings. The zero-order chi connectivity index (χ0) is 14.8. The van der Waals surface area contributed by atoms with Crippen molar-refractivity contribution in [3.63, 3.8) is 0 Å². The Labute approximate surface area is 119 Å². The van der Waals surface area contributed by atoms with Crippen LogP contribution in [0, 0.1) is 11.8 Å². The Morgan fingerprint density at radius 1 is 0.895 bits per heavy atom. The SMILES string of the molecule is CC(C)C(C)(C)N(c1ccccn1)C(C)(C)C(C)C. The number of hydrogen-bond donors (Lipinski definition) is 0. The molecule has 0 spiro atoms. The Hall–Kier alpha value is -1.05. The van der Waals surface area contributed by atoms with E-state index in [1.807, 2.05) is 12.3 Å². The first-order chi connectivity index (χ1) is 8.61. The summed E-state index contributed by atoms with van der Waals surface area (Å²) in [4.78, 5) is 7.10. The third-order valence-electron chi connectivity index (χ3n) is 4.86. The van der Waals surface area contributed by atoms with Gasteiger partial charge in [0.05, 0.1) is 0 Å². The van der Waals surface area contributed by atoms with Crippen molar-refractivity contribution >= 4 is 5.82 Å². The summed E-state index contributed by atoms with van der Waals surface area (Å²) >= 11 is 0. The molecular weight excluding hydrogens is 232 g/mol. The zero-order valence-electron chi connectivity index (χ0n) is 13.9. The lowest BCUT2D eigenvalue weighted by atomic mass is 9.80. The average molecular weight is 262 g/mol. The van der Waals surface area contributed by atoms with Crippen LogP contribution in [0.2, 0.25) is 0 Å². The summed E-state index contributed by atoms with van der Waals surface area (Å²) in [7, 11) is 0. The summed E-state index contributed by atoms with van der Waals surface area (Å²) in [5.41, 5.74) is 0.115. The molecule has 0 aliphatic rings.